The molecule has 0 fully saturated rings. The second-order valence-corrected chi connectivity index (χ2v) is 8.17. The van der Waals surface area contributed by atoms with E-state index in [1.807, 2.05) is 0 Å². The van der Waals surface area contributed by atoms with Gasteiger partial charge >= 0.3 is 0 Å². The van der Waals surface area contributed by atoms with Crippen molar-refractivity contribution in [2.75, 3.05) is 0 Å². The van der Waals surface area contributed by atoms with Crippen LogP contribution >= 0.6 is 0 Å². The van der Waals surface area contributed by atoms with E-state index in [-0.39, 0.29) is 0 Å². The highest BCUT2D eigenvalue weighted by atomic mass is 16.3. The Morgan fingerprint density at radius 3 is 1.71 bits per heavy atom. The Morgan fingerprint density at radius 1 is 0.419 bits per heavy atom. The third-order valence-corrected chi connectivity index (χ3v) is 6.41. The minimum absolute atomic E-state index is 0.936. The van der Waals surface area contributed by atoms with Gasteiger partial charge < -0.3 is 4.42 Å². The van der Waals surface area contributed by atoms with Crippen molar-refractivity contribution < 1.29 is 4.42 Å². The molecular formula is C30H18O. The summed E-state index contributed by atoms with van der Waals surface area (Å²) in [6.07, 6.45) is 0. The summed E-state index contributed by atoms with van der Waals surface area (Å²) >= 11 is 0. The molecule has 1 heteroatoms. The SMILES string of the molecule is c1ccc2cc3c(cc2c1)oc1c(-c2c4ccccc4cc4ccccc24)cccc13. The van der Waals surface area contributed by atoms with Gasteiger partial charge in [0.2, 0.25) is 0 Å². The smallest absolute Gasteiger partial charge is 0.143 e. The summed E-state index contributed by atoms with van der Waals surface area (Å²) in [6, 6.07) is 38.9. The van der Waals surface area contributed by atoms with Crippen molar-refractivity contribution in [3.8, 4) is 11.1 Å². The van der Waals surface area contributed by atoms with Crippen LogP contribution in [0.25, 0.3) is 65.4 Å². The van der Waals surface area contributed by atoms with Crippen LogP contribution in [0.15, 0.2) is 114 Å². The standard InChI is InChI=1S/C30H18O/c1-2-9-20-18-28-27(17-19(20)8-1)25-14-7-15-26(30(25)31-28)29-23-12-5-3-10-21(23)16-22-11-4-6-13-24(22)29/h1-18H. The van der Waals surface area contributed by atoms with Crippen molar-refractivity contribution in [2.24, 2.45) is 0 Å². The largest absolute Gasteiger partial charge is 0.455 e. The first kappa shape index (κ1) is 16.7. The Morgan fingerprint density at radius 2 is 1.00 bits per heavy atom. The molecule has 0 amide bonds. The number of rotatable bonds is 1. The van der Waals surface area contributed by atoms with Gasteiger partial charge in [-0.3, -0.25) is 0 Å². The van der Waals surface area contributed by atoms with Crippen molar-refractivity contribution >= 4 is 54.3 Å². The van der Waals surface area contributed by atoms with E-state index in [9.17, 15) is 0 Å². The first-order valence-electron chi connectivity index (χ1n) is 10.6. The number of furan rings is 1. The lowest BCUT2D eigenvalue weighted by atomic mass is 9.91. The number of hydrogen-bond donors (Lipinski definition) is 0. The topological polar surface area (TPSA) is 13.1 Å². The van der Waals surface area contributed by atoms with Crippen molar-refractivity contribution in [3.05, 3.63) is 109 Å². The fourth-order valence-electron chi connectivity index (χ4n) is 4.98. The molecule has 0 aliphatic carbocycles. The van der Waals surface area contributed by atoms with Crippen LogP contribution in [-0.4, -0.2) is 0 Å². The molecule has 0 atom stereocenters. The lowest BCUT2D eigenvalue weighted by Gasteiger charge is -2.12. The Labute approximate surface area is 179 Å². The van der Waals surface area contributed by atoms with E-state index < -0.39 is 0 Å². The Balaban J connectivity index is 1.66. The Bertz CT molecular complexity index is 1730. The number of hydrogen-bond acceptors (Lipinski definition) is 1. The van der Waals surface area contributed by atoms with Crippen LogP contribution in [0.4, 0.5) is 0 Å². The maximum atomic E-state index is 6.54. The van der Waals surface area contributed by atoms with E-state index >= 15 is 0 Å². The van der Waals surface area contributed by atoms with E-state index in [0.29, 0.717) is 0 Å². The van der Waals surface area contributed by atoms with Gasteiger partial charge in [-0.15, -0.1) is 0 Å². The van der Waals surface area contributed by atoms with Crippen LogP contribution in [0.3, 0.4) is 0 Å². The zero-order chi connectivity index (χ0) is 20.4. The molecule has 0 aliphatic rings. The van der Waals surface area contributed by atoms with Gasteiger partial charge in [0, 0.05) is 21.9 Å². The molecule has 1 aromatic heterocycles. The molecule has 0 N–H and O–H groups in total. The predicted octanol–water partition coefficient (Wildman–Crippen LogP) is 8.71. The molecule has 1 heterocycles. The molecule has 0 aliphatic heterocycles. The van der Waals surface area contributed by atoms with Gasteiger partial charge in [0.15, 0.2) is 0 Å². The lowest BCUT2D eigenvalue weighted by Crippen LogP contribution is -1.86. The molecule has 0 saturated heterocycles. The second kappa shape index (κ2) is 6.20. The van der Waals surface area contributed by atoms with Gasteiger partial charge in [-0.25, -0.2) is 0 Å². The highest BCUT2D eigenvalue weighted by Crippen LogP contribution is 2.42. The molecular weight excluding hydrogens is 376 g/mol. The minimum Gasteiger partial charge on any atom is -0.455 e. The van der Waals surface area contributed by atoms with Crippen LogP contribution in [0.1, 0.15) is 0 Å². The number of fused-ring (bicyclic) bond motifs is 6. The summed E-state index contributed by atoms with van der Waals surface area (Å²) in [4.78, 5) is 0. The van der Waals surface area contributed by atoms with Crippen LogP contribution in [0.5, 0.6) is 0 Å². The fraction of sp³-hybridized carbons (Fsp3) is 0. The molecule has 31 heavy (non-hydrogen) atoms. The quantitative estimate of drug-likeness (QED) is 0.254. The average Bonchev–Trinajstić information content (AvgIpc) is 3.19. The molecule has 144 valence electrons. The van der Waals surface area contributed by atoms with Crippen molar-refractivity contribution in [1.29, 1.82) is 0 Å². The zero-order valence-corrected chi connectivity index (χ0v) is 16.8. The molecule has 7 aromatic rings. The summed E-state index contributed by atoms with van der Waals surface area (Å²) in [5.41, 5.74) is 4.27. The molecule has 0 bridgehead atoms. The molecule has 1 nitrogen and oxygen atoms in total. The van der Waals surface area contributed by atoms with E-state index in [0.717, 1.165) is 22.1 Å². The van der Waals surface area contributed by atoms with Crippen molar-refractivity contribution in [3.63, 3.8) is 0 Å². The van der Waals surface area contributed by atoms with E-state index in [1.165, 1.54) is 43.3 Å². The van der Waals surface area contributed by atoms with Crippen LogP contribution < -0.4 is 0 Å². The predicted molar refractivity (Wildman–Crippen MR) is 132 cm³/mol. The summed E-state index contributed by atoms with van der Waals surface area (Å²) in [5, 5.41) is 9.75. The van der Waals surface area contributed by atoms with Gasteiger partial charge in [-0.2, -0.15) is 0 Å². The summed E-state index contributed by atoms with van der Waals surface area (Å²) in [5.74, 6) is 0. The summed E-state index contributed by atoms with van der Waals surface area (Å²) in [7, 11) is 0. The van der Waals surface area contributed by atoms with E-state index in [1.54, 1.807) is 0 Å². The van der Waals surface area contributed by atoms with Crippen LogP contribution in [-0.2, 0) is 0 Å². The van der Waals surface area contributed by atoms with Crippen molar-refractivity contribution in [2.45, 2.75) is 0 Å². The zero-order valence-electron chi connectivity index (χ0n) is 16.8. The van der Waals surface area contributed by atoms with Gasteiger partial charge in [-0.05, 0) is 50.5 Å². The highest BCUT2D eigenvalue weighted by molar-refractivity contribution is 6.19. The molecule has 7 rings (SSSR count). The lowest BCUT2D eigenvalue weighted by molar-refractivity contribution is 0.670. The van der Waals surface area contributed by atoms with Crippen LogP contribution in [0.2, 0.25) is 0 Å². The number of benzene rings is 6. The Kier molecular flexibility index (Phi) is 3.33. The van der Waals surface area contributed by atoms with Gasteiger partial charge in [0.1, 0.15) is 11.2 Å². The fourth-order valence-corrected chi connectivity index (χ4v) is 4.98. The maximum Gasteiger partial charge on any atom is 0.143 e. The Hall–Kier alpha value is -4.10. The van der Waals surface area contributed by atoms with Gasteiger partial charge in [-0.1, -0.05) is 91.0 Å². The normalized spacial score (nSPS) is 11.9. The van der Waals surface area contributed by atoms with E-state index in [2.05, 4.69) is 109 Å². The number of para-hydroxylation sites is 1. The third kappa shape index (κ3) is 2.38. The van der Waals surface area contributed by atoms with E-state index in [4.69, 9.17) is 4.42 Å². The first-order valence-corrected chi connectivity index (χ1v) is 10.6. The minimum atomic E-state index is 0.936. The average molecular weight is 394 g/mol. The molecule has 0 radical (unpaired) electrons. The highest BCUT2D eigenvalue weighted by Gasteiger charge is 2.17. The monoisotopic (exact) mass is 394 g/mol. The van der Waals surface area contributed by atoms with Gasteiger partial charge in [0.05, 0.1) is 0 Å². The molecule has 6 aromatic carbocycles. The molecule has 0 unspecified atom stereocenters. The maximum absolute atomic E-state index is 6.54. The van der Waals surface area contributed by atoms with Crippen molar-refractivity contribution in [1.82, 2.24) is 0 Å². The summed E-state index contributed by atoms with van der Waals surface area (Å²) < 4.78 is 6.54. The first-order chi connectivity index (χ1) is 15.4. The molecule has 0 spiro atoms. The third-order valence-electron chi connectivity index (χ3n) is 6.41. The van der Waals surface area contributed by atoms with Crippen LogP contribution in [0, 0.1) is 0 Å². The second-order valence-electron chi connectivity index (χ2n) is 8.17. The van der Waals surface area contributed by atoms with Gasteiger partial charge in [0.25, 0.3) is 0 Å². The summed E-state index contributed by atoms with van der Waals surface area (Å²) in [6.45, 7) is 0. The molecule has 0 saturated carbocycles.